The van der Waals surface area contributed by atoms with Crippen molar-refractivity contribution in [2.24, 2.45) is 0 Å². The Kier molecular flexibility index (Phi) is 8.48. The molecule has 0 aliphatic carbocycles. The van der Waals surface area contributed by atoms with Crippen LogP contribution in [0, 0.1) is 0 Å². The smallest absolute Gasteiger partial charge is 0.145 e. The number of quaternary nitrogens is 1. The zero-order valence-corrected chi connectivity index (χ0v) is 12.8. The van der Waals surface area contributed by atoms with E-state index in [4.69, 9.17) is 0 Å². The van der Waals surface area contributed by atoms with E-state index in [1.807, 2.05) is 13.8 Å². The van der Waals surface area contributed by atoms with Crippen LogP contribution in [0.2, 0.25) is 0 Å². The maximum Gasteiger partial charge on any atom is 0.145 e. The van der Waals surface area contributed by atoms with E-state index in [0.717, 1.165) is 19.3 Å². The molecule has 0 aromatic heterocycles. The molecule has 0 fully saturated rings. The molecule has 1 N–H and O–H groups in total. The molecule has 0 radical (unpaired) electrons. The second-order valence-electron chi connectivity index (χ2n) is 5.16. The Morgan fingerprint density at radius 1 is 1.21 bits per heavy atom. The number of hydrogen-bond acceptors (Lipinski definition) is 3. The number of carbonyl (C=O) groups is 1. The van der Waals surface area contributed by atoms with Crippen LogP contribution in [-0.2, 0) is 4.79 Å². The number of carboxylic acids is 1. The van der Waals surface area contributed by atoms with Crippen LogP contribution in [0.1, 0.15) is 59.8 Å². The summed E-state index contributed by atoms with van der Waals surface area (Å²) in [4.78, 5) is 11.1. The lowest BCUT2D eigenvalue weighted by Crippen LogP contribution is -2.57. The normalized spacial score (nSPS) is 14.4. The van der Waals surface area contributed by atoms with E-state index < -0.39 is 12.0 Å². The molecule has 4 nitrogen and oxygen atoms in total. The molecule has 0 heterocycles. The van der Waals surface area contributed by atoms with Gasteiger partial charge in [0, 0.05) is 6.42 Å². The highest BCUT2D eigenvalue weighted by molar-refractivity contribution is 5.69. The quantitative estimate of drug-likeness (QED) is 0.377. The Morgan fingerprint density at radius 2 is 1.79 bits per heavy atom. The van der Waals surface area contributed by atoms with Crippen LogP contribution in [0.5, 0.6) is 0 Å². The van der Waals surface area contributed by atoms with E-state index >= 15 is 0 Å². The van der Waals surface area contributed by atoms with Gasteiger partial charge in [-0.05, 0) is 27.2 Å². The molecule has 0 aliphatic rings. The van der Waals surface area contributed by atoms with Crippen molar-refractivity contribution >= 4 is 5.97 Å². The molecule has 0 saturated carbocycles. The van der Waals surface area contributed by atoms with Crippen LogP contribution in [0.15, 0.2) is 12.0 Å². The molecule has 19 heavy (non-hydrogen) atoms. The first kappa shape index (κ1) is 18.0. The summed E-state index contributed by atoms with van der Waals surface area (Å²) in [5, 5.41) is 21.1. The topological polar surface area (TPSA) is 60.4 Å². The number of aliphatic hydroxyl groups excluding tert-OH is 1. The Morgan fingerprint density at radius 3 is 2.21 bits per heavy atom. The van der Waals surface area contributed by atoms with Crippen molar-refractivity contribution < 1.29 is 19.5 Å². The number of rotatable bonds is 10. The number of hydrogen-bond donors (Lipinski definition) is 1. The maximum atomic E-state index is 11.1. The van der Waals surface area contributed by atoms with Gasteiger partial charge in [-0.3, -0.25) is 4.48 Å². The summed E-state index contributed by atoms with van der Waals surface area (Å²) in [7, 11) is 0. The third kappa shape index (κ3) is 5.64. The first-order valence-corrected chi connectivity index (χ1v) is 7.41. The summed E-state index contributed by atoms with van der Waals surface area (Å²) in [5.41, 5.74) is 0. The Labute approximate surface area is 117 Å². The van der Waals surface area contributed by atoms with Gasteiger partial charge in [-0.25, -0.2) is 0 Å². The predicted molar refractivity (Wildman–Crippen MR) is 75.3 cm³/mol. The molecule has 0 aliphatic heterocycles. The lowest BCUT2D eigenvalue weighted by molar-refractivity contribution is -0.893. The lowest BCUT2D eigenvalue weighted by Gasteiger charge is -2.39. The van der Waals surface area contributed by atoms with E-state index in [0.29, 0.717) is 25.3 Å². The van der Waals surface area contributed by atoms with Crippen molar-refractivity contribution in [3.05, 3.63) is 12.0 Å². The van der Waals surface area contributed by atoms with Gasteiger partial charge < -0.3 is 15.0 Å². The molecule has 4 heteroatoms. The average Bonchev–Trinajstić information content (AvgIpc) is 2.40. The number of carboxylic acid groups (broad SMARTS) is 1. The van der Waals surface area contributed by atoms with E-state index in [-0.39, 0.29) is 4.48 Å². The number of aliphatic carboxylic acids is 1. The molecule has 0 spiro atoms. The summed E-state index contributed by atoms with van der Waals surface area (Å²) < 4.78 is 0.238. The Bertz CT molecular complexity index is 296. The molecule has 0 rings (SSSR count). The molecule has 0 aromatic carbocycles. The molecule has 112 valence electrons. The van der Waals surface area contributed by atoms with Gasteiger partial charge >= 0.3 is 0 Å². The minimum absolute atomic E-state index is 0.238. The highest BCUT2D eigenvalue weighted by atomic mass is 16.4. The molecule has 0 saturated heterocycles. The minimum Gasteiger partial charge on any atom is -0.544 e. The van der Waals surface area contributed by atoms with Crippen LogP contribution in [0.3, 0.4) is 0 Å². The summed E-state index contributed by atoms with van der Waals surface area (Å²) in [6, 6.07) is -0.646. The summed E-state index contributed by atoms with van der Waals surface area (Å²) in [6.45, 7) is 8.92. The van der Waals surface area contributed by atoms with Gasteiger partial charge in [0.25, 0.3) is 0 Å². The Hall–Kier alpha value is -1.03. The largest absolute Gasteiger partial charge is 0.544 e. The van der Waals surface area contributed by atoms with Gasteiger partial charge in [0.15, 0.2) is 0 Å². The molecular weight excluding hydrogens is 242 g/mol. The second-order valence-corrected chi connectivity index (χ2v) is 5.16. The fraction of sp³-hybridized carbons (Fsp3) is 0.800. The first-order valence-electron chi connectivity index (χ1n) is 7.41. The molecule has 1 atom stereocenters. The fourth-order valence-electron chi connectivity index (χ4n) is 2.37. The number of carbonyl (C=O) groups excluding carboxylic acids is 1. The molecule has 0 bridgehead atoms. The Balaban J connectivity index is 4.75. The number of likely N-dealkylation sites (N-methyl/N-ethyl adjacent to an activating group) is 1. The fourth-order valence-corrected chi connectivity index (χ4v) is 2.37. The van der Waals surface area contributed by atoms with Crippen molar-refractivity contribution in [1.29, 1.82) is 0 Å². The van der Waals surface area contributed by atoms with Crippen LogP contribution >= 0.6 is 0 Å². The standard InChI is InChI=1S/C15H29NO3/c1-5-8-9-10-11-14(17)12-16(6-2,7-3)13(4)15(18)19/h12-13H,5-11H2,1-4H3,(H-,17,18,19)/b14-12-. The van der Waals surface area contributed by atoms with E-state index in [1.54, 1.807) is 13.1 Å². The molecule has 0 amide bonds. The lowest BCUT2D eigenvalue weighted by atomic mass is 10.1. The van der Waals surface area contributed by atoms with Crippen LogP contribution in [0.25, 0.3) is 0 Å². The average molecular weight is 271 g/mol. The van der Waals surface area contributed by atoms with E-state index in [2.05, 4.69) is 6.92 Å². The zero-order chi connectivity index (χ0) is 14.9. The third-order valence-corrected chi connectivity index (χ3v) is 3.98. The zero-order valence-electron chi connectivity index (χ0n) is 12.8. The number of unbranched alkanes of at least 4 members (excludes halogenated alkanes) is 3. The van der Waals surface area contributed by atoms with Gasteiger partial charge in [0.1, 0.15) is 18.0 Å². The highest BCUT2D eigenvalue weighted by Gasteiger charge is 2.30. The second kappa shape index (κ2) is 8.97. The summed E-state index contributed by atoms with van der Waals surface area (Å²) >= 11 is 0. The van der Waals surface area contributed by atoms with Crippen LogP contribution in [-0.4, -0.2) is 34.7 Å². The number of allylic oxidation sites excluding steroid dienone is 1. The van der Waals surface area contributed by atoms with E-state index in [1.165, 1.54) is 6.42 Å². The summed E-state index contributed by atoms with van der Waals surface area (Å²) in [6.07, 6.45) is 6.71. The summed E-state index contributed by atoms with van der Waals surface area (Å²) in [5.74, 6) is -0.772. The molecular formula is C15H29NO3. The number of nitrogens with zero attached hydrogens (tertiary/aromatic N) is 1. The van der Waals surface area contributed by atoms with Crippen molar-refractivity contribution in [2.75, 3.05) is 13.1 Å². The maximum absolute atomic E-state index is 11.1. The SMILES string of the molecule is CCCCCC/C(O)=C/[N+](CC)(CC)C(C)C(=O)[O-]. The molecule has 0 aromatic rings. The molecule has 1 unspecified atom stereocenters. The van der Waals surface area contributed by atoms with E-state index in [9.17, 15) is 15.0 Å². The van der Waals surface area contributed by atoms with Crippen molar-refractivity contribution in [1.82, 2.24) is 0 Å². The van der Waals surface area contributed by atoms with Gasteiger partial charge in [-0.15, -0.1) is 0 Å². The first-order chi connectivity index (χ1) is 8.93. The van der Waals surface area contributed by atoms with Gasteiger partial charge in [-0.1, -0.05) is 26.2 Å². The van der Waals surface area contributed by atoms with Crippen LogP contribution < -0.4 is 5.11 Å². The minimum atomic E-state index is -1.07. The van der Waals surface area contributed by atoms with Crippen molar-refractivity contribution in [3.8, 4) is 0 Å². The van der Waals surface area contributed by atoms with Gasteiger partial charge in [0.2, 0.25) is 0 Å². The van der Waals surface area contributed by atoms with Crippen molar-refractivity contribution in [2.45, 2.75) is 65.8 Å². The van der Waals surface area contributed by atoms with Gasteiger partial charge in [0.05, 0.1) is 19.1 Å². The third-order valence-electron chi connectivity index (χ3n) is 3.98. The number of aliphatic hydroxyl groups is 1. The predicted octanol–water partition coefficient (Wildman–Crippen LogP) is 2.35. The van der Waals surface area contributed by atoms with Crippen LogP contribution in [0.4, 0.5) is 0 Å². The van der Waals surface area contributed by atoms with Gasteiger partial charge in [-0.2, -0.15) is 0 Å². The highest BCUT2D eigenvalue weighted by Crippen LogP contribution is 2.18. The van der Waals surface area contributed by atoms with Crippen molar-refractivity contribution in [3.63, 3.8) is 0 Å². The monoisotopic (exact) mass is 271 g/mol.